The van der Waals surface area contributed by atoms with Crippen molar-refractivity contribution in [1.29, 1.82) is 0 Å². The Kier molecular flexibility index (Phi) is 7.03. The van der Waals surface area contributed by atoms with Gasteiger partial charge in [0.05, 0.1) is 0 Å². The standard InChI is InChI=1S/C16H16O.C15H13NO/c1-12-7-9-14(10-8-12)11-16(17)15-6-4-3-5-13(15)2;1-10-7-8-13-14(9-10)17-15(16-13)12-6-4-3-5-11(12)2/h3-10H,11H2,1-2H3;3-9H,1-2H3. The number of hydrogen-bond donors (Lipinski definition) is 0. The molecule has 1 heterocycles. The van der Waals surface area contributed by atoms with E-state index in [4.69, 9.17) is 4.42 Å². The van der Waals surface area contributed by atoms with Crippen LogP contribution >= 0.6 is 0 Å². The third-order valence-electron chi connectivity index (χ3n) is 5.85. The minimum atomic E-state index is 0.187. The van der Waals surface area contributed by atoms with Crippen molar-refractivity contribution in [2.75, 3.05) is 0 Å². The number of Topliss-reactive ketones (excluding diaryl/α,β-unsaturated/α-hetero) is 1. The Labute approximate surface area is 201 Å². The number of ketones is 1. The number of fused-ring (bicyclic) bond motifs is 1. The van der Waals surface area contributed by atoms with Crippen LogP contribution in [0.3, 0.4) is 0 Å². The first-order valence-electron chi connectivity index (χ1n) is 11.5. The predicted molar refractivity (Wildman–Crippen MR) is 139 cm³/mol. The highest BCUT2D eigenvalue weighted by molar-refractivity contribution is 5.98. The Balaban J connectivity index is 0.000000161. The van der Waals surface area contributed by atoms with Gasteiger partial charge in [-0.15, -0.1) is 0 Å². The fourth-order valence-corrected chi connectivity index (χ4v) is 3.83. The minimum Gasteiger partial charge on any atom is -0.436 e. The molecule has 0 fully saturated rings. The zero-order chi connectivity index (χ0) is 24.1. The van der Waals surface area contributed by atoms with Gasteiger partial charge in [0.25, 0.3) is 0 Å². The minimum absolute atomic E-state index is 0.187. The maximum Gasteiger partial charge on any atom is 0.227 e. The van der Waals surface area contributed by atoms with Gasteiger partial charge < -0.3 is 4.42 Å². The van der Waals surface area contributed by atoms with Crippen molar-refractivity contribution in [1.82, 2.24) is 4.98 Å². The first-order valence-corrected chi connectivity index (χ1v) is 11.5. The molecule has 0 spiro atoms. The quantitative estimate of drug-likeness (QED) is 0.264. The summed E-state index contributed by atoms with van der Waals surface area (Å²) < 4.78 is 5.80. The van der Waals surface area contributed by atoms with E-state index in [0.717, 1.165) is 33.4 Å². The van der Waals surface area contributed by atoms with Gasteiger partial charge in [-0.1, -0.05) is 78.4 Å². The van der Waals surface area contributed by atoms with Crippen LogP contribution in [0.1, 0.15) is 38.2 Å². The van der Waals surface area contributed by atoms with Gasteiger partial charge in [-0.2, -0.15) is 0 Å². The molecule has 3 heteroatoms. The first kappa shape index (κ1) is 23.2. The van der Waals surface area contributed by atoms with Crippen LogP contribution in [-0.4, -0.2) is 10.8 Å². The highest BCUT2D eigenvalue weighted by atomic mass is 16.3. The molecule has 0 unspecified atom stereocenters. The van der Waals surface area contributed by atoms with Crippen molar-refractivity contribution < 1.29 is 9.21 Å². The van der Waals surface area contributed by atoms with E-state index in [0.29, 0.717) is 12.3 Å². The van der Waals surface area contributed by atoms with Crippen LogP contribution in [0, 0.1) is 27.7 Å². The summed E-state index contributed by atoms with van der Waals surface area (Å²) in [5.41, 5.74) is 9.35. The number of oxazole rings is 1. The maximum atomic E-state index is 12.1. The third kappa shape index (κ3) is 5.49. The number of nitrogens with zero attached hydrogens (tertiary/aromatic N) is 1. The second kappa shape index (κ2) is 10.3. The molecule has 34 heavy (non-hydrogen) atoms. The predicted octanol–water partition coefficient (Wildman–Crippen LogP) is 7.84. The summed E-state index contributed by atoms with van der Waals surface area (Å²) in [6.07, 6.45) is 0.477. The van der Waals surface area contributed by atoms with E-state index in [1.165, 1.54) is 16.7 Å². The van der Waals surface area contributed by atoms with Crippen molar-refractivity contribution in [2.45, 2.75) is 34.1 Å². The summed E-state index contributed by atoms with van der Waals surface area (Å²) in [6.45, 7) is 8.14. The number of rotatable bonds is 4. The van der Waals surface area contributed by atoms with Crippen LogP contribution in [0.4, 0.5) is 0 Å². The maximum absolute atomic E-state index is 12.1. The molecule has 0 bridgehead atoms. The monoisotopic (exact) mass is 447 g/mol. The largest absolute Gasteiger partial charge is 0.436 e. The number of benzene rings is 4. The average molecular weight is 448 g/mol. The van der Waals surface area contributed by atoms with Gasteiger partial charge >= 0.3 is 0 Å². The zero-order valence-electron chi connectivity index (χ0n) is 20.1. The summed E-state index contributed by atoms with van der Waals surface area (Å²) in [4.78, 5) is 16.6. The summed E-state index contributed by atoms with van der Waals surface area (Å²) >= 11 is 0. The van der Waals surface area contributed by atoms with E-state index in [1.807, 2.05) is 98.8 Å². The van der Waals surface area contributed by atoms with Gasteiger partial charge in [-0.05, 0) is 68.1 Å². The fraction of sp³-hybridized carbons (Fsp3) is 0.161. The lowest BCUT2D eigenvalue weighted by Gasteiger charge is -2.05. The zero-order valence-corrected chi connectivity index (χ0v) is 20.1. The van der Waals surface area contributed by atoms with Crippen molar-refractivity contribution in [3.05, 3.63) is 124 Å². The Hall–Kier alpha value is -3.98. The van der Waals surface area contributed by atoms with Gasteiger partial charge in [0, 0.05) is 17.5 Å². The van der Waals surface area contributed by atoms with E-state index < -0.39 is 0 Å². The molecule has 0 saturated carbocycles. The van der Waals surface area contributed by atoms with Crippen LogP contribution in [0.25, 0.3) is 22.6 Å². The second-order valence-corrected chi connectivity index (χ2v) is 8.71. The molecular formula is C31H29NO2. The van der Waals surface area contributed by atoms with Gasteiger partial charge in [-0.3, -0.25) is 4.79 Å². The average Bonchev–Trinajstić information content (AvgIpc) is 3.24. The molecular weight excluding hydrogens is 418 g/mol. The molecule has 0 atom stereocenters. The fourth-order valence-electron chi connectivity index (χ4n) is 3.83. The van der Waals surface area contributed by atoms with Crippen LogP contribution < -0.4 is 0 Å². The van der Waals surface area contributed by atoms with Crippen molar-refractivity contribution in [2.24, 2.45) is 0 Å². The smallest absolute Gasteiger partial charge is 0.227 e. The molecule has 0 aliphatic rings. The van der Waals surface area contributed by atoms with Crippen molar-refractivity contribution in [3.8, 4) is 11.5 Å². The molecule has 0 N–H and O–H groups in total. The summed E-state index contributed by atoms with van der Waals surface area (Å²) in [5, 5.41) is 0. The molecule has 5 aromatic rings. The Morgan fingerprint density at radius 2 is 1.38 bits per heavy atom. The molecule has 0 radical (unpaired) electrons. The van der Waals surface area contributed by atoms with E-state index in [9.17, 15) is 4.79 Å². The second-order valence-electron chi connectivity index (χ2n) is 8.71. The van der Waals surface area contributed by atoms with Crippen LogP contribution in [-0.2, 0) is 6.42 Å². The third-order valence-corrected chi connectivity index (χ3v) is 5.85. The molecule has 1 aromatic heterocycles. The highest BCUT2D eigenvalue weighted by Crippen LogP contribution is 2.26. The van der Waals surface area contributed by atoms with Crippen LogP contribution in [0.2, 0.25) is 0 Å². The molecule has 170 valence electrons. The Bertz CT molecular complexity index is 1430. The SMILES string of the molecule is Cc1ccc(CC(=O)c2ccccc2C)cc1.Cc1ccc2nc(-c3ccccc3C)oc2c1. The molecule has 0 aliphatic heterocycles. The number of carbonyl (C=O) groups excluding carboxylic acids is 1. The van der Waals surface area contributed by atoms with E-state index >= 15 is 0 Å². The lowest BCUT2D eigenvalue weighted by atomic mass is 9.99. The van der Waals surface area contributed by atoms with E-state index in [2.05, 4.69) is 24.9 Å². The lowest BCUT2D eigenvalue weighted by Crippen LogP contribution is -2.05. The molecule has 0 aliphatic carbocycles. The molecule has 4 aromatic carbocycles. The van der Waals surface area contributed by atoms with E-state index in [1.54, 1.807) is 0 Å². The normalized spacial score (nSPS) is 10.6. The van der Waals surface area contributed by atoms with E-state index in [-0.39, 0.29) is 5.78 Å². The molecule has 0 saturated heterocycles. The van der Waals surface area contributed by atoms with Crippen molar-refractivity contribution >= 4 is 16.9 Å². The van der Waals surface area contributed by atoms with Gasteiger partial charge in [0.2, 0.25) is 5.89 Å². The first-order chi connectivity index (χ1) is 16.4. The highest BCUT2D eigenvalue weighted by Gasteiger charge is 2.10. The topological polar surface area (TPSA) is 43.1 Å². The van der Waals surface area contributed by atoms with Crippen LogP contribution in [0.5, 0.6) is 0 Å². The Morgan fingerprint density at radius 3 is 2.09 bits per heavy atom. The molecule has 0 amide bonds. The molecule has 3 nitrogen and oxygen atoms in total. The number of hydrogen-bond acceptors (Lipinski definition) is 3. The van der Waals surface area contributed by atoms with Gasteiger partial charge in [-0.25, -0.2) is 4.98 Å². The van der Waals surface area contributed by atoms with Crippen molar-refractivity contribution in [3.63, 3.8) is 0 Å². The summed E-state index contributed by atoms with van der Waals surface area (Å²) in [5.74, 6) is 0.885. The van der Waals surface area contributed by atoms with Gasteiger partial charge in [0.15, 0.2) is 11.4 Å². The summed E-state index contributed by atoms with van der Waals surface area (Å²) in [7, 11) is 0. The Morgan fingerprint density at radius 1 is 0.735 bits per heavy atom. The van der Waals surface area contributed by atoms with Crippen LogP contribution in [0.15, 0.2) is 95.4 Å². The molecule has 5 rings (SSSR count). The van der Waals surface area contributed by atoms with Gasteiger partial charge in [0.1, 0.15) is 5.52 Å². The lowest BCUT2D eigenvalue weighted by molar-refractivity contribution is 0.0992. The summed E-state index contributed by atoms with van der Waals surface area (Å²) in [6, 6.07) is 30.0. The number of aromatic nitrogens is 1. The number of aryl methyl sites for hydroxylation is 4. The number of carbonyl (C=O) groups is 1.